The van der Waals surface area contributed by atoms with Gasteiger partial charge in [-0.2, -0.15) is 4.68 Å². The van der Waals surface area contributed by atoms with Gasteiger partial charge in [0.25, 0.3) is 0 Å². The molecule has 3 aromatic rings. The highest BCUT2D eigenvalue weighted by atomic mass is 79.9. The van der Waals surface area contributed by atoms with Gasteiger partial charge >= 0.3 is 0 Å². The smallest absolute Gasteiger partial charge is 0.234 e. The molecule has 2 aromatic carbocycles. The maximum absolute atomic E-state index is 12.2. The number of tetrazole rings is 1. The van der Waals surface area contributed by atoms with Crippen LogP contribution in [0.4, 0.5) is 11.4 Å². The van der Waals surface area contributed by atoms with Crippen LogP contribution in [0.5, 0.6) is 0 Å². The number of anilines is 2. The Kier molecular flexibility index (Phi) is 6.20. The number of hydrogen-bond acceptors (Lipinski definition) is 6. The number of carbonyl (C=O) groups is 2. The number of nitrogens with zero attached hydrogens (tertiary/aromatic N) is 4. The molecule has 27 heavy (non-hydrogen) atoms. The van der Waals surface area contributed by atoms with Crippen molar-refractivity contribution in [2.45, 2.75) is 12.1 Å². The van der Waals surface area contributed by atoms with Gasteiger partial charge in [-0.1, -0.05) is 27.7 Å². The first-order valence-corrected chi connectivity index (χ1v) is 9.64. The average Bonchev–Trinajstić information content (AvgIpc) is 3.10. The van der Waals surface area contributed by atoms with Gasteiger partial charge in [-0.15, -0.1) is 5.10 Å². The highest BCUT2D eigenvalue weighted by molar-refractivity contribution is 9.10. The van der Waals surface area contributed by atoms with E-state index in [1.165, 1.54) is 18.7 Å². The van der Waals surface area contributed by atoms with Crippen molar-refractivity contribution in [3.63, 3.8) is 0 Å². The lowest BCUT2D eigenvalue weighted by atomic mass is 10.3. The first kappa shape index (κ1) is 19.1. The van der Waals surface area contributed by atoms with Gasteiger partial charge in [-0.25, -0.2) is 0 Å². The quantitative estimate of drug-likeness (QED) is 0.563. The summed E-state index contributed by atoms with van der Waals surface area (Å²) in [6, 6.07) is 14.4. The summed E-state index contributed by atoms with van der Waals surface area (Å²) >= 11 is 4.62. The molecular formula is C17H15BrN6O2S. The van der Waals surface area contributed by atoms with Gasteiger partial charge in [-0.3, -0.25) is 9.59 Å². The number of carbonyl (C=O) groups excluding carboxylic acids is 2. The Balaban J connectivity index is 1.58. The van der Waals surface area contributed by atoms with Gasteiger partial charge < -0.3 is 10.6 Å². The van der Waals surface area contributed by atoms with E-state index in [1.807, 2.05) is 24.3 Å². The highest BCUT2D eigenvalue weighted by Crippen LogP contribution is 2.20. The van der Waals surface area contributed by atoms with E-state index >= 15 is 0 Å². The van der Waals surface area contributed by atoms with Crippen molar-refractivity contribution in [3.05, 3.63) is 53.0 Å². The molecule has 10 heteroatoms. The summed E-state index contributed by atoms with van der Waals surface area (Å²) in [7, 11) is 0. The fraction of sp³-hybridized carbons (Fsp3) is 0.118. The summed E-state index contributed by atoms with van der Waals surface area (Å²) < 4.78 is 2.53. The van der Waals surface area contributed by atoms with Gasteiger partial charge in [0.2, 0.25) is 17.0 Å². The van der Waals surface area contributed by atoms with Crippen molar-refractivity contribution in [1.82, 2.24) is 20.2 Å². The Bertz CT molecular complexity index is 943. The van der Waals surface area contributed by atoms with Crippen LogP contribution in [0.3, 0.4) is 0 Å². The highest BCUT2D eigenvalue weighted by Gasteiger charge is 2.12. The van der Waals surface area contributed by atoms with Crippen LogP contribution in [0.2, 0.25) is 0 Å². The Hall–Kier alpha value is -2.72. The monoisotopic (exact) mass is 446 g/mol. The molecule has 0 aliphatic rings. The van der Waals surface area contributed by atoms with Crippen molar-refractivity contribution >= 4 is 50.9 Å². The minimum absolute atomic E-state index is 0.147. The zero-order valence-corrected chi connectivity index (χ0v) is 16.6. The topological polar surface area (TPSA) is 102 Å². The number of halogens is 1. The lowest BCUT2D eigenvalue weighted by Crippen LogP contribution is -2.14. The van der Waals surface area contributed by atoms with Crippen molar-refractivity contribution in [2.75, 3.05) is 16.4 Å². The number of thioether (sulfide) groups is 1. The van der Waals surface area contributed by atoms with Gasteiger partial charge in [-0.05, 0) is 59.0 Å². The molecule has 2 N–H and O–H groups in total. The molecule has 0 fully saturated rings. The van der Waals surface area contributed by atoms with E-state index in [0.717, 1.165) is 10.2 Å². The Labute approximate surface area is 167 Å². The summed E-state index contributed by atoms with van der Waals surface area (Å²) in [4.78, 5) is 23.2. The second-order valence-electron chi connectivity index (χ2n) is 5.45. The van der Waals surface area contributed by atoms with Crippen molar-refractivity contribution in [1.29, 1.82) is 0 Å². The summed E-state index contributed by atoms with van der Waals surface area (Å²) in [5.41, 5.74) is 2.12. The molecule has 1 aromatic heterocycles. The third-order valence-corrected chi connectivity index (χ3v) is 4.78. The third kappa shape index (κ3) is 5.38. The molecule has 0 saturated heterocycles. The first-order valence-electron chi connectivity index (χ1n) is 7.86. The Morgan fingerprint density at radius 3 is 2.30 bits per heavy atom. The van der Waals surface area contributed by atoms with E-state index in [-0.39, 0.29) is 17.6 Å². The molecule has 2 amide bonds. The lowest BCUT2D eigenvalue weighted by Gasteiger charge is -2.07. The van der Waals surface area contributed by atoms with Crippen LogP contribution in [0.15, 0.2) is 58.2 Å². The van der Waals surface area contributed by atoms with E-state index in [0.29, 0.717) is 16.5 Å². The molecule has 0 atom stereocenters. The van der Waals surface area contributed by atoms with Gasteiger partial charge in [0.15, 0.2) is 0 Å². The van der Waals surface area contributed by atoms with E-state index in [4.69, 9.17) is 0 Å². The summed E-state index contributed by atoms with van der Waals surface area (Å²) in [6.45, 7) is 1.44. The van der Waals surface area contributed by atoms with E-state index < -0.39 is 0 Å². The number of amides is 2. The predicted molar refractivity (Wildman–Crippen MR) is 107 cm³/mol. The van der Waals surface area contributed by atoms with Crippen molar-refractivity contribution < 1.29 is 9.59 Å². The van der Waals surface area contributed by atoms with Crippen molar-refractivity contribution in [3.8, 4) is 5.69 Å². The summed E-state index contributed by atoms with van der Waals surface area (Å²) in [5, 5.41) is 17.6. The largest absolute Gasteiger partial charge is 0.326 e. The molecular weight excluding hydrogens is 432 g/mol. The van der Waals surface area contributed by atoms with E-state index in [2.05, 4.69) is 42.1 Å². The van der Waals surface area contributed by atoms with Crippen LogP contribution in [-0.2, 0) is 9.59 Å². The molecule has 3 rings (SSSR count). The summed E-state index contributed by atoms with van der Waals surface area (Å²) in [6.07, 6.45) is 0. The number of nitrogens with one attached hydrogen (secondary N) is 2. The summed E-state index contributed by atoms with van der Waals surface area (Å²) in [5.74, 6) is -0.172. The van der Waals surface area contributed by atoms with Crippen LogP contribution < -0.4 is 10.6 Å². The molecule has 1 heterocycles. The fourth-order valence-corrected chi connectivity index (χ4v) is 3.14. The van der Waals surface area contributed by atoms with Crippen LogP contribution in [0.25, 0.3) is 5.69 Å². The van der Waals surface area contributed by atoms with Crippen LogP contribution in [0.1, 0.15) is 6.92 Å². The third-order valence-electron chi connectivity index (χ3n) is 3.33. The molecule has 0 radical (unpaired) electrons. The van der Waals surface area contributed by atoms with E-state index in [9.17, 15) is 9.59 Å². The molecule has 0 aliphatic heterocycles. The Morgan fingerprint density at radius 1 is 1.04 bits per heavy atom. The van der Waals surface area contributed by atoms with E-state index in [1.54, 1.807) is 28.9 Å². The van der Waals surface area contributed by atoms with Crippen molar-refractivity contribution in [2.24, 2.45) is 0 Å². The minimum atomic E-state index is -0.183. The molecule has 0 unspecified atom stereocenters. The van der Waals surface area contributed by atoms with Crippen LogP contribution >= 0.6 is 27.7 Å². The molecule has 0 bridgehead atoms. The van der Waals surface area contributed by atoms with Crippen LogP contribution in [0, 0.1) is 0 Å². The molecule has 0 aliphatic carbocycles. The van der Waals surface area contributed by atoms with Gasteiger partial charge in [0.1, 0.15) is 0 Å². The number of benzene rings is 2. The molecule has 0 saturated carbocycles. The molecule has 0 spiro atoms. The standard InChI is InChI=1S/C17H15BrN6O2S/c1-11(25)19-13-4-6-14(7-5-13)20-16(26)10-27-17-21-22-23-24(17)15-8-2-12(18)3-9-15/h2-9H,10H2,1H3,(H,19,25)(H,20,26). The number of aromatic nitrogens is 4. The predicted octanol–water partition coefficient (Wildman–Crippen LogP) is 3.11. The number of rotatable bonds is 6. The average molecular weight is 447 g/mol. The zero-order chi connectivity index (χ0) is 19.2. The lowest BCUT2D eigenvalue weighted by molar-refractivity contribution is -0.114. The van der Waals surface area contributed by atoms with Gasteiger partial charge in [0, 0.05) is 22.8 Å². The second kappa shape index (κ2) is 8.78. The molecule has 8 nitrogen and oxygen atoms in total. The van der Waals surface area contributed by atoms with Gasteiger partial charge in [0.05, 0.1) is 11.4 Å². The SMILES string of the molecule is CC(=O)Nc1ccc(NC(=O)CSc2nnnn2-c2ccc(Br)cc2)cc1. The normalized spacial score (nSPS) is 10.4. The number of hydrogen-bond donors (Lipinski definition) is 2. The molecule has 138 valence electrons. The Morgan fingerprint density at radius 2 is 1.67 bits per heavy atom. The second-order valence-corrected chi connectivity index (χ2v) is 7.30. The minimum Gasteiger partial charge on any atom is -0.326 e. The first-order chi connectivity index (χ1) is 13.0. The fourth-order valence-electron chi connectivity index (χ4n) is 2.18. The zero-order valence-electron chi connectivity index (χ0n) is 14.2. The maximum Gasteiger partial charge on any atom is 0.234 e. The van der Waals surface area contributed by atoms with Crippen LogP contribution in [-0.4, -0.2) is 37.8 Å². The maximum atomic E-state index is 12.2.